The van der Waals surface area contributed by atoms with E-state index in [9.17, 15) is 0 Å². The summed E-state index contributed by atoms with van der Waals surface area (Å²) in [7, 11) is 0. The summed E-state index contributed by atoms with van der Waals surface area (Å²) in [5.41, 5.74) is 14.4. The third-order valence-electron chi connectivity index (χ3n) is 2.16. The van der Waals surface area contributed by atoms with E-state index in [2.05, 4.69) is 19.2 Å². The molecule has 0 radical (unpaired) electrons. The first-order chi connectivity index (χ1) is 7.61. The molecule has 96 valence electrons. The normalized spacial score (nSPS) is 12.5. The minimum Gasteiger partial charge on any atom is -0.397 e. The Hall–Kier alpha value is -0.960. The zero-order valence-electron chi connectivity index (χ0n) is 11.6. The largest absolute Gasteiger partial charge is 0.397 e. The molecule has 0 saturated carbocycles. The van der Waals surface area contributed by atoms with Crippen molar-refractivity contribution >= 4 is 0 Å². The Kier molecular flexibility index (Phi) is 13.2. The van der Waals surface area contributed by atoms with Gasteiger partial charge < -0.3 is 16.8 Å². The predicted molar refractivity (Wildman–Crippen MR) is 74.0 cm³/mol. The molecule has 3 heteroatoms. The van der Waals surface area contributed by atoms with Crippen molar-refractivity contribution in [3.8, 4) is 0 Å². The summed E-state index contributed by atoms with van der Waals surface area (Å²) < 4.78 is 0. The molecule has 16 heavy (non-hydrogen) atoms. The van der Waals surface area contributed by atoms with Crippen molar-refractivity contribution in [3.05, 3.63) is 23.0 Å². The Labute approximate surface area is 101 Å². The molecule has 0 saturated heterocycles. The van der Waals surface area contributed by atoms with Gasteiger partial charge in [0.2, 0.25) is 0 Å². The first-order valence-electron chi connectivity index (χ1n) is 6.19. The molecule has 0 aliphatic heterocycles. The molecule has 0 aromatic rings. The quantitative estimate of drug-likeness (QED) is 0.482. The van der Waals surface area contributed by atoms with Gasteiger partial charge >= 0.3 is 0 Å². The van der Waals surface area contributed by atoms with E-state index in [-0.39, 0.29) is 0 Å². The molecule has 0 aliphatic carbocycles. The van der Waals surface area contributed by atoms with Gasteiger partial charge in [-0.15, -0.1) is 0 Å². The lowest BCUT2D eigenvalue weighted by Gasteiger charge is -2.08. The maximum Gasteiger partial charge on any atom is 0.0503 e. The van der Waals surface area contributed by atoms with Crippen LogP contribution in [0.25, 0.3) is 0 Å². The fraction of sp³-hybridized carbons (Fsp3) is 0.692. The molecule has 0 aromatic carbocycles. The second-order valence-electron chi connectivity index (χ2n) is 3.49. The highest BCUT2D eigenvalue weighted by Crippen LogP contribution is 2.03. The van der Waals surface area contributed by atoms with Crippen LogP contribution in [-0.4, -0.2) is 13.1 Å². The Morgan fingerprint density at radius 2 is 1.81 bits per heavy atom. The molecule has 0 amide bonds. The number of nitrogens with one attached hydrogen (secondary N) is 1. The standard InChI is InChI=1S/C11H23N3.C2H6/c1-4-9(2)8-11(13)10(3)14-7-5-6-12;1-2/h8,14H,4-7,12-13H2,1-3H3;1-2H3/b9-8+,11-10-;. The number of allylic oxidation sites excluding steroid dienone is 3. The first-order valence-corrected chi connectivity index (χ1v) is 6.19. The fourth-order valence-corrected chi connectivity index (χ4v) is 0.956. The van der Waals surface area contributed by atoms with Crippen molar-refractivity contribution in [2.45, 2.75) is 47.5 Å². The Morgan fingerprint density at radius 1 is 1.25 bits per heavy atom. The number of hydrogen-bond donors (Lipinski definition) is 3. The van der Waals surface area contributed by atoms with Gasteiger partial charge in [0, 0.05) is 12.2 Å². The van der Waals surface area contributed by atoms with Gasteiger partial charge in [0.05, 0.1) is 5.70 Å². The van der Waals surface area contributed by atoms with Crippen LogP contribution in [0, 0.1) is 0 Å². The molecule has 3 nitrogen and oxygen atoms in total. The Morgan fingerprint density at radius 3 is 2.25 bits per heavy atom. The van der Waals surface area contributed by atoms with E-state index < -0.39 is 0 Å². The second-order valence-corrected chi connectivity index (χ2v) is 3.49. The Bertz CT molecular complexity index is 217. The molecule has 0 bridgehead atoms. The first kappa shape index (κ1) is 17.4. The lowest BCUT2D eigenvalue weighted by Crippen LogP contribution is -2.19. The monoisotopic (exact) mass is 227 g/mol. The molecule has 0 spiro atoms. The van der Waals surface area contributed by atoms with Gasteiger partial charge in [-0.1, -0.05) is 26.3 Å². The van der Waals surface area contributed by atoms with Crippen LogP contribution in [0.1, 0.15) is 47.5 Å². The molecular weight excluding hydrogens is 198 g/mol. The summed E-state index contributed by atoms with van der Waals surface area (Å²) in [5, 5.41) is 3.24. The highest BCUT2D eigenvalue weighted by Gasteiger charge is 1.94. The SMILES string of the molecule is CC.CC/C(C)=C/C(N)=C(\C)NCCCN. The highest BCUT2D eigenvalue weighted by molar-refractivity contribution is 5.23. The van der Waals surface area contributed by atoms with Crippen molar-refractivity contribution in [1.29, 1.82) is 0 Å². The van der Waals surface area contributed by atoms with Crippen LogP contribution in [0.2, 0.25) is 0 Å². The van der Waals surface area contributed by atoms with Crippen molar-refractivity contribution in [3.63, 3.8) is 0 Å². The molecule has 0 rings (SSSR count). The minimum absolute atomic E-state index is 0.712. The predicted octanol–water partition coefficient (Wildman–Crippen LogP) is 2.50. The summed E-state index contributed by atoms with van der Waals surface area (Å²) in [6.07, 6.45) is 4.03. The third-order valence-corrected chi connectivity index (χ3v) is 2.16. The van der Waals surface area contributed by atoms with Crippen molar-refractivity contribution in [1.82, 2.24) is 5.32 Å². The van der Waals surface area contributed by atoms with E-state index in [1.165, 1.54) is 5.57 Å². The highest BCUT2D eigenvalue weighted by atomic mass is 14.9. The van der Waals surface area contributed by atoms with E-state index in [1.54, 1.807) is 0 Å². The van der Waals surface area contributed by atoms with Crippen molar-refractivity contribution in [2.75, 3.05) is 13.1 Å². The zero-order chi connectivity index (χ0) is 13.0. The number of nitrogens with two attached hydrogens (primary N) is 2. The molecule has 0 heterocycles. The fourth-order valence-electron chi connectivity index (χ4n) is 0.956. The van der Waals surface area contributed by atoms with Crippen LogP contribution in [0.4, 0.5) is 0 Å². The summed E-state index contributed by atoms with van der Waals surface area (Å²) in [5.74, 6) is 0. The molecule has 0 aliphatic rings. The average Bonchev–Trinajstić information content (AvgIpc) is 2.31. The minimum atomic E-state index is 0.712. The molecule has 0 aromatic heterocycles. The van der Waals surface area contributed by atoms with E-state index in [4.69, 9.17) is 11.5 Å². The van der Waals surface area contributed by atoms with Crippen LogP contribution >= 0.6 is 0 Å². The summed E-state index contributed by atoms with van der Waals surface area (Å²) in [6.45, 7) is 11.8. The summed E-state index contributed by atoms with van der Waals surface area (Å²) in [6, 6.07) is 0. The molecule has 5 N–H and O–H groups in total. The number of hydrogen-bond acceptors (Lipinski definition) is 3. The third kappa shape index (κ3) is 9.59. The summed E-state index contributed by atoms with van der Waals surface area (Å²) in [4.78, 5) is 0. The van der Waals surface area contributed by atoms with Gasteiger partial charge in [-0.2, -0.15) is 0 Å². The smallest absolute Gasteiger partial charge is 0.0503 e. The Balaban J connectivity index is 0. The van der Waals surface area contributed by atoms with Crippen LogP contribution in [-0.2, 0) is 0 Å². The summed E-state index contributed by atoms with van der Waals surface area (Å²) >= 11 is 0. The lowest BCUT2D eigenvalue weighted by atomic mass is 10.2. The zero-order valence-corrected chi connectivity index (χ0v) is 11.6. The van der Waals surface area contributed by atoms with E-state index >= 15 is 0 Å². The van der Waals surface area contributed by atoms with Crippen LogP contribution in [0.3, 0.4) is 0 Å². The molecule has 0 atom stereocenters. The van der Waals surface area contributed by atoms with Gasteiger partial charge in [-0.25, -0.2) is 0 Å². The molecule has 0 unspecified atom stereocenters. The van der Waals surface area contributed by atoms with Crippen molar-refractivity contribution < 1.29 is 0 Å². The van der Waals surface area contributed by atoms with Crippen molar-refractivity contribution in [2.24, 2.45) is 11.5 Å². The van der Waals surface area contributed by atoms with Gasteiger partial charge in [0.25, 0.3) is 0 Å². The van der Waals surface area contributed by atoms with E-state index in [1.807, 2.05) is 26.8 Å². The molecule has 0 fully saturated rings. The second kappa shape index (κ2) is 12.1. The maximum absolute atomic E-state index is 5.89. The van der Waals surface area contributed by atoms with E-state index in [0.29, 0.717) is 6.54 Å². The number of rotatable bonds is 6. The lowest BCUT2D eigenvalue weighted by molar-refractivity contribution is 0.727. The van der Waals surface area contributed by atoms with Crippen LogP contribution in [0.15, 0.2) is 23.0 Å². The van der Waals surface area contributed by atoms with Crippen LogP contribution in [0.5, 0.6) is 0 Å². The maximum atomic E-state index is 5.89. The topological polar surface area (TPSA) is 64.1 Å². The average molecular weight is 227 g/mol. The van der Waals surface area contributed by atoms with Gasteiger partial charge in [0.1, 0.15) is 0 Å². The van der Waals surface area contributed by atoms with Gasteiger partial charge in [-0.05, 0) is 39.3 Å². The van der Waals surface area contributed by atoms with E-state index in [0.717, 1.165) is 30.8 Å². The van der Waals surface area contributed by atoms with Gasteiger partial charge in [0.15, 0.2) is 0 Å². The van der Waals surface area contributed by atoms with Gasteiger partial charge in [-0.3, -0.25) is 0 Å². The molecular formula is C13H29N3. The van der Waals surface area contributed by atoms with Crippen LogP contribution < -0.4 is 16.8 Å².